The van der Waals surface area contributed by atoms with Crippen molar-refractivity contribution in [2.75, 3.05) is 7.05 Å². The van der Waals surface area contributed by atoms with Crippen molar-refractivity contribution >= 4 is 17.5 Å². The van der Waals surface area contributed by atoms with Crippen LogP contribution >= 0.6 is 11.6 Å². The Hall–Kier alpha value is -1.82. The summed E-state index contributed by atoms with van der Waals surface area (Å²) < 4.78 is 3.43. The zero-order valence-electron chi connectivity index (χ0n) is 12.1. The number of carbonyl (C=O) groups excluding carboxylic acids is 1. The number of halogens is 1. The van der Waals surface area contributed by atoms with E-state index >= 15 is 0 Å². The predicted molar refractivity (Wildman–Crippen MR) is 76.7 cm³/mol. The van der Waals surface area contributed by atoms with Crippen LogP contribution in [0, 0.1) is 6.92 Å². The normalized spacial score (nSPS) is 10.8. The first-order valence-corrected chi connectivity index (χ1v) is 6.77. The summed E-state index contributed by atoms with van der Waals surface area (Å²) in [5, 5.41) is 8.77. The van der Waals surface area contributed by atoms with Gasteiger partial charge in [0.25, 0.3) is 5.91 Å². The number of hydrogen-bond acceptors (Lipinski definition) is 3. The van der Waals surface area contributed by atoms with Crippen molar-refractivity contribution in [1.82, 2.24) is 24.5 Å². The van der Waals surface area contributed by atoms with Crippen molar-refractivity contribution < 1.29 is 4.79 Å². The van der Waals surface area contributed by atoms with Gasteiger partial charge in [0.15, 0.2) is 5.69 Å². The fraction of sp³-hybridized carbons (Fsp3) is 0.462. The molecule has 108 valence electrons. The summed E-state index contributed by atoms with van der Waals surface area (Å²) in [6.45, 7) is 5.13. The van der Waals surface area contributed by atoms with Crippen molar-refractivity contribution in [3.05, 3.63) is 34.4 Å². The highest BCUT2D eigenvalue weighted by Gasteiger charge is 2.21. The molecular formula is C13H18ClN5O. The average Bonchev–Trinajstić information content (AvgIpc) is 2.98. The van der Waals surface area contributed by atoms with Gasteiger partial charge in [-0.1, -0.05) is 11.6 Å². The van der Waals surface area contributed by atoms with E-state index in [9.17, 15) is 4.79 Å². The predicted octanol–water partition coefficient (Wildman–Crippen LogP) is 1.87. The smallest absolute Gasteiger partial charge is 0.275 e. The Morgan fingerprint density at radius 3 is 2.70 bits per heavy atom. The molecule has 0 spiro atoms. The molecule has 2 aromatic heterocycles. The Labute approximate surface area is 122 Å². The van der Waals surface area contributed by atoms with Gasteiger partial charge in [-0.05, 0) is 13.8 Å². The molecule has 6 nitrogen and oxygen atoms in total. The van der Waals surface area contributed by atoms with E-state index < -0.39 is 0 Å². The lowest BCUT2D eigenvalue weighted by atomic mass is 10.3. The molecule has 1 amide bonds. The molecule has 0 unspecified atom stereocenters. The SMILES string of the molecule is CCn1cc(CN(C)C(=O)c2nn(C)c(C)c2Cl)cn1. The first-order chi connectivity index (χ1) is 9.43. The molecule has 0 saturated carbocycles. The van der Waals surface area contributed by atoms with Crippen LogP contribution in [0.15, 0.2) is 12.4 Å². The number of carbonyl (C=O) groups is 1. The maximum Gasteiger partial charge on any atom is 0.275 e. The second kappa shape index (κ2) is 5.66. The molecule has 2 rings (SSSR count). The minimum absolute atomic E-state index is 0.192. The second-order valence-electron chi connectivity index (χ2n) is 4.74. The fourth-order valence-corrected chi connectivity index (χ4v) is 2.15. The van der Waals surface area contributed by atoms with Gasteiger partial charge in [-0.15, -0.1) is 0 Å². The van der Waals surface area contributed by atoms with Gasteiger partial charge in [0.1, 0.15) is 0 Å². The van der Waals surface area contributed by atoms with Gasteiger partial charge in [-0.2, -0.15) is 10.2 Å². The minimum atomic E-state index is -0.192. The molecule has 0 atom stereocenters. The average molecular weight is 296 g/mol. The van der Waals surface area contributed by atoms with E-state index in [0.29, 0.717) is 11.6 Å². The summed E-state index contributed by atoms with van der Waals surface area (Å²) in [5.74, 6) is -0.192. The Balaban J connectivity index is 2.14. The number of rotatable bonds is 4. The lowest BCUT2D eigenvalue weighted by Crippen LogP contribution is -2.26. The lowest BCUT2D eigenvalue weighted by molar-refractivity contribution is 0.0778. The summed E-state index contributed by atoms with van der Waals surface area (Å²) >= 11 is 6.14. The van der Waals surface area contributed by atoms with Crippen molar-refractivity contribution in [3.63, 3.8) is 0 Å². The lowest BCUT2D eigenvalue weighted by Gasteiger charge is -2.14. The van der Waals surface area contributed by atoms with Crippen LogP contribution in [0.4, 0.5) is 0 Å². The van der Waals surface area contributed by atoms with E-state index in [-0.39, 0.29) is 11.6 Å². The summed E-state index contributed by atoms with van der Waals surface area (Å²) in [4.78, 5) is 13.9. The van der Waals surface area contributed by atoms with E-state index in [2.05, 4.69) is 10.2 Å². The molecule has 0 aromatic carbocycles. The number of aryl methyl sites for hydroxylation is 2. The second-order valence-corrected chi connectivity index (χ2v) is 5.12. The summed E-state index contributed by atoms with van der Waals surface area (Å²) in [6, 6.07) is 0. The highest BCUT2D eigenvalue weighted by Crippen LogP contribution is 2.20. The van der Waals surface area contributed by atoms with Crippen molar-refractivity contribution in [3.8, 4) is 0 Å². The van der Waals surface area contributed by atoms with E-state index in [1.807, 2.05) is 24.7 Å². The van der Waals surface area contributed by atoms with Crippen LogP contribution in [0.25, 0.3) is 0 Å². The van der Waals surface area contributed by atoms with Gasteiger partial charge in [0.2, 0.25) is 0 Å². The first kappa shape index (κ1) is 14.6. The monoisotopic (exact) mass is 295 g/mol. The number of nitrogens with zero attached hydrogens (tertiary/aromatic N) is 5. The van der Waals surface area contributed by atoms with Crippen molar-refractivity contribution in [2.45, 2.75) is 26.9 Å². The molecule has 2 aromatic rings. The zero-order valence-corrected chi connectivity index (χ0v) is 12.8. The van der Waals surface area contributed by atoms with Gasteiger partial charge in [0, 0.05) is 38.9 Å². The maximum atomic E-state index is 12.4. The molecule has 7 heteroatoms. The largest absolute Gasteiger partial charge is 0.336 e. The van der Waals surface area contributed by atoms with Crippen LogP contribution in [0.5, 0.6) is 0 Å². The molecular weight excluding hydrogens is 278 g/mol. The van der Waals surface area contributed by atoms with Crippen molar-refractivity contribution in [1.29, 1.82) is 0 Å². The molecule has 0 bridgehead atoms. The molecule has 0 aliphatic heterocycles. The molecule has 0 aliphatic rings. The molecule has 0 N–H and O–H groups in total. The standard InChI is InChI=1S/C13H18ClN5O/c1-5-19-8-10(6-15-19)7-17(3)13(20)12-11(14)9(2)18(4)16-12/h6,8H,5,7H2,1-4H3. The summed E-state index contributed by atoms with van der Waals surface area (Å²) in [7, 11) is 3.50. The highest BCUT2D eigenvalue weighted by atomic mass is 35.5. The Morgan fingerprint density at radius 1 is 1.50 bits per heavy atom. The third-order valence-corrected chi connectivity index (χ3v) is 3.69. The summed E-state index contributed by atoms with van der Waals surface area (Å²) in [5.41, 5.74) is 2.05. The van der Waals surface area contributed by atoms with E-state index in [0.717, 1.165) is 17.8 Å². The van der Waals surface area contributed by atoms with Crippen LogP contribution in [0.1, 0.15) is 28.7 Å². The van der Waals surface area contributed by atoms with E-state index in [4.69, 9.17) is 11.6 Å². The Bertz CT molecular complexity index is 631. The number of aromatic nitrogens is 4. The third kappa shape index (κ3) is 2.70. The zero-order chi connectivity index (χ0) is 14.9. The maximum absolute atomic E-state index is 12.4. The van der Waals surface area contributed by atoms with Gasteiger partial charge >= 0.3 is 0 Å². The van der Waals surface area contributed by atoms with Crippen LogP contribution in [0.2, 0.25) is 5.02 Å². The highest BCUT2D eigenvalue weighted by molar-refractivity contribution is 6.34. The number of hydrogen-bond donors (Lipinski definition) is 0. The summed E-state index contributed by atoms with van der Waals surface area (Å²) in [6.07, 6.45) is 3.69. The van der Waals surface area contributed by atoms with Crippen molar-refractivity contribution in [2.24, 2.45) is 7.05 Å². The molecule has 0 aliphatic carbocycles. The van der Waals surface area contributed by atoms with Crippen LogP contribution in [0.3, 0.4) is 0 Å². The number of amides is 1. The topological polar surface area (TPSA) is 56.0 Å². The van der Waals surface area contributed by atoms with Crippen LogP contribution in [-0.4, -0.2) is 37.4 Å². The van der Waals surface area contributed by atoms with Gasteiger partial charge in [-0.25, -0.2) is 0 Å². The Morgan fingerprint density at radius 2 is 2.20 bits per heavy atom. The Kier molecular flexibility index (Phi) is 4.13. The van der Waals surface area contributed by atoms with E-state index in [1.165, 1.54) is 0 Å². The molecule has 20 heavy (non-hydrogen) atoms. The van der Waals surface area contributed by atoms with Gasteiger partial charge < -0.3 is 4.90 Å². The molecule has 0 fully saturated rings. The molecule has 0 saturated heterocycles. The minimum Gasteiger partial charge on any atom is -0.336 e. The third-order valence-electron chi connectivity index (χ3n) is 3.24. The molecule has 0 radical (unpaired) electrons. The first-order valence-electron chi connectivity index (χ1n) is 6.40. The molecule has 2 heterocycles. The van der Waals surface area contributed by atoms with E-state index in [1.54, 1.807) is 29.9 Å². The van der Waals surface area contributed by atoms with Gasteiger partial charge in [0.05, 0.1) is 16.9 Å². The van der Waals surface area contributed by atoms with Crippen LogP contribution in [-0.2, 0) is 20.1 Å². The van der Waals surface area contributed by atoms with Gasteiger partial charge in [-0.3, -0.25) is 14.2 Å². The fourth-order valence-electron chi connectivity index (χ4n) is 1.91. The van der Waals surface area contributed by atoms with Crippen LogP contribution < -0.4 is 0 Å². The quantitative estimate of drug-likeness (QED) is 0.865.